The summed E-state index contributed by atoms with van der Waals surface area (Å²) >= 11 is 3.40. The molecule has 0 amide bonds. The molecule has 0 fully saturated rings. The maximum absolute atomic E-state index is 12.9. The van der Waals surface area contributed by atoms with Gasteiger partial charge in [-0.25, -0.2) is 0 Å². The molecular formula is C27H22BrNO3. The Hall–Kier alpha value is -3.18. The van der Waals surface area contributed by atoms with Crippen molar-refractivity contribution in [1.29, 1.82) is 0 Å². The molecular weight excluding hydrogens is 466 g/mol. The number of halogens is 1. The van der Waals surface area contributed by atoms with Crippen molar-refractivity contribution in [3.8, 4) is 5.75 Å². The number of benzene rings is 2. The van der Waals surface area contributed by atoms with E-state index in [9.17, 15) is 9.59 Å². The molecule has 2 bridgehead atoms. The van der Waals surface area contributed by atoms with Gasteiger partial charge in [-0.3, -0.25) is 9.59 Å². The van der Waals surface area contributed by atoms with E-state index in [1.165, 1.54) is 5.57 Å². The summed E-state index contributed by atoms with van der Waals surface area (Å²) in [4.78, 5) is 27.7. The van der Waals surface area contributed by atoms with Gasteiger partial charge in [-0.1, -0.05) is 46.3 Å². The van der Waals surface area contributed by atoms with Crippen LogP contribution in [0, 0.1) is 0 Å². The molecule has 0 aromatic heterocycles. The fraction of sp³-hybridized carbons (Fsp3) is 0.185. The van der Waals surface area contributed by atoms with Gasteiger partial charge in [0.25, 0.3) is 0 Å². The molecule has 0 radical (unpaired) electrons. The first-order valence-corrected chi connectivity index (χ1v) is 11.4. The summed E-state index contributed by atoms with van der Waals surface area (Å²) in [5, 5.41) is 0. The van der Waals surface area contributed by atoms with Crippen LogP contribution in [-0.4, -0.2) is 35.7 Å². The van der Waals surface area contributed by atoms with Crippen LogP contribution in [0.5, 0.6) is 5.75 Å². The van der Waals surface area contributed by atoms with Gasteiger partial charge in [0, 0.05) is 28.2 Å². The normalized spacial score (nSPS) is 23.8. The number of allylic oxidation sites excluding steroid dienone is 3. The molecule has 2 aliphatic heterocycles. The summed E-state index contributed by atoms with van der Waals surface area (Å²) in [6, 6.07) is 15.0. The third-order valence-electron chi connectivity index (χ3n) is 6.38. The molecule has 2 aromatic rings. The first kappa shape index (κ1) is 20.7. The smallest absolute Gasteiger partial charge is 0.187 e. The van der Waals surface area contributed by atoms with Crippen LogP contribution in [0.1, 0.15) is 28.3 Å². The Morgan fingerprint density at radius 2 is 1.84 bits per heavy atom. The minimum absolute atomic E-state index is 0.0541. The minimum atomic E-state index is -0.363. The third-order valence-corrected chi connectivity index (χ3v) is 6.91. The van der Waals surface area contributed by atoms with Crippen LogP contribution in [0.3, 0.4) is 0 Å². The largest absolute Gasteiger partial charge is 0.497 e. The van der Waals surface area contributed by atoms with Crippen LogP contribution in [0.4, 0.5) is 0 Å². The number of hydrogen-bond acceptors (Lipinski definition) is 4. The van der Waals surface area contributed by atoms with Gasteiger partial charge in [-0.15, -0.1) is 0 Å². The van der Waals surface area contributed by atoms with Gasteiger partial charge in [-0.2, -0.15) is 0 Å². The first-order chi connectivity index (χ1) is 15.6. The summed E-state index contributed by atoms with van der Waals surface area (Å²) in [7, 11) is 1.66. The molecule has 3 aliphatic rings. The van der Waals surface area contributed by atoms with Crippen molar-refractivity contribution >= 4 is 27.5 Å². The Bertz CT molecular complexity index is 1190. The lowest BCUT2D eigenvalue weighted by molar-refractivity contribution is -0.119. The zero-order valence-electron chi connectivity index (χ0n) is 17.6. The minimum Gasteiger partial charge on any atom is -0.497 e. The fourth-order valence-corrected chi connectivity index (χ4v) is 5.13. The number of ketones is 2. The van der Waals surface area contributed by atoms with Gasteiger partial charge in [0.05, 0.1) is 13.2 Å². The van der Waals surface area contributed by atoms with Crippen LogP contribution in [0.25, 0.3) is 0 Å². The Morgan fingerprint density at radius 3 is 2.56 bits per heavy atom. The second kappa shape index (κ2) is 8.40. The van der Waals surface area contributed by atoms with E-state index >= 15 is 0 Å². The molecule has 0 saturated heterocycles. The topological polar surface area (TPSA) is 46.6 Å². The van der Waals surface area contributed by atoms with E-state index in [1.807, 2.05) is 30.3 Å². The van der Waals surface area contributed by atoms with Gasteiger partial charge in [-0.05, 0) is 65.6 Å². The Morgan fingerprint density at radius 1 is 1.09 bits per heavy atom. The van der Waals surface area contributed by atoms with Crippen molar-refractivity contribution in [2.75, 3.05) is 7.11 Å². The van der Waals surface area contributed by atoms with Crippen molar-refractivity contribution in [1.82, 2.24) is 4.90 Å². The summed E-state index contributed by atoms with van der Waals surface area (Å²) in [6.07, 6.45) is 12.1. The van der Waals surface area contributed by atoms with Crippen LogP contribution in [0.2, 0.25) is 0 Å². The van der Waals surface area contributed by atoms with E-state index in [2.05, 4.69) is 45.1 Å². The lowest BCUT2D eigenvalue weighted by Gasteiger charge is -2.47. The summed E-state index contributed by atoms with van der Waals surface area (Å²) in [5.74, 6) is 0.858. The number of nitrogens with zero attached hydrogens (tertiary/aromatic N) is 1. The average molecular weight is 488 g/mol. The number of ether oxygens (including phenoxy) is 1. The van der Waals surface area contributed by atoms with E-state index in [-0.39, 0.29) is 29.6 Å². The van der Waals surface area contributed by atoms with Gasteiger partial charge in [0.2, 0.25) is 0 Å². The molecule has 3 atom stereocenters. The average Bonchev–Trinajstić information content (AvgIpc) is 3.29. The number of hydrogen-bond donors (Lipinski definition) is 0. The van der Waals surface area contributed by atoms with E-state index in [0.717, 1.165) is 27.8 Å². The van der Waals surface area contributed by atoms with Crippen molar-refractivity contribution in [3.63, 3.8) is 0 Å². The van der Waals surface area contributed by atoms with Gasteiger partial charge >= 0.3 is 0 Å². The maximum Gasteiger partial charge on any atom is 0.187 e. The van der Waals surface area contributed by atoms with Gasteiger partial charge in [0.1, 0.15) is 11.8 Å². The maximum atomic E-state index is 12.9. The molecule has 0 spiro atoms. The van der Waals surface area contributed by atoms with Gasteiger partial charge < -0.3 is 9.64 Å². The molecule has 1 aliphatic carbocycles. The van der Waals surface area contributed by atoms with Gasteiger partial charge in [0.15, 0.2) is 11.6 Å². The van der Waals surface area contributed by atoms with Crippen LogP contribution in [0.15, 0.2) is 101 Å². The second-order valence-electron chi connectivity index (χ2n) is 8.13. The highest BCUT2D eigenvalue weighted by molar-refractivity contribution is 9.10. The third kappa shape index (κ3) is 3.56. The molecule has 4 nitrogen and oxygen atoms in total. The number of methoxy groups -OCH3 is 1. The predicted molar refractivity (Wildman–Crippen MR) is 128 cm³/mol. The van der Waals surface area contributed by atoms with E-state index in [1.54, 1.807) is 37.6 Å². The molecule has 3 unspecified atom stereocenters. The molecule has 0 saturated carbocycles. The van der Waals surface area contributed by atoms with Crippen molar-refractivity contribution in [2.24, 2.45) is 0 Å². The SMILES string of the molecule is COc1ccc(C2C3=C(CC=C3)C3C(=O)C=CC2N3C=CC(=O)c2ccc(Br)cc2)cc1. The highest BCUT2D eigenvalue weighted by atomic mass is 79.9. The highest BCUT2D eigenvalue weighted by Gasteiger charge is 2.45. The molecule has 2 heterocycles. The molecule has 0 N–H and O–H groups in total. The Kier molecular flexibility index (Phi) is 5.43. The standard InChI is InChI=1S/C27H22BrNO3/c1-32-20-11-7-18(8-12-20)26-21-3-2-4-22(21)27-25(31)14-13-23(26)29(27)16-15-24(30)17-5-9-19(28)10-6-17/h2-3,5-16,23,26-27H,4H2,1H3. The Balaban J connectivity index is 1.53. The summed E-state index contributed by atoms with van der Waals surface area (Å²) in [6.45, 7) is 0. The van der Waals surface area contributed by atoms with Crippen molar-refractivity contribution < 1.29 is 14.3 Å². The fourth-order valence-electron chi connectivity index (χ4n) is 4.87. The zero-order chi connectivity index (χ0) is 22.2. The Labute approximate surface area is 195 Å². The van der Waals surface area contributed by atoms with Crippen LogP contribution in [-0.2, 0) is 4.79 Å². The lowest BCUT2D eigenvalue weighted by atomic mass is 9.74. The second-order valence-corrected chi connectivity index (χ2v) is 9.04. The van der Waals surface area contributed by atoms with Crippen molar-refractivity contribution in [3.05, 3.63) is 112 Å². The predicted octanol–water partition coefficient (Wildman–Crippen LogP) is 5.39. The monoisotopic (exact) mass is 487 g/mol. The zero-order valence-corrected chi connectivity index (χ0v) is 19.2. The van der Waals surface area contributed by atoms with E-state index in [4.69, 9.17) is 4.74 Å². The van der Waals surface area contributed by atoms with Crippen molar-refractivity contribution in [2.45, 2.75) is 24.4 Å². The molecule has 5 heteroatoms. The molecule has 160 valence electrons. The molecule has 5 rings (SSSR count). The van der Waals surface area contributed by atoms with Crippen LogP contribution < -0.4 is 4.74 Å². The van der Waals surface area contributed by atoms with E-state index < -0.39 is 0 Å². The number of carbonyl (C=O) groups is 2. The highest BCUT2D eigenvalue weighted by Crippen LogP contribution is 2.46. The number of rotatable bonds is 5. The lowest BCUT2D eigenvalue weighted by Crippen LogP contribution is -2.52. The van der Waals surface area contributed by atoms with E-state index in [0.29, 0.717) is 5.56 Å². The molecule has 32 heavy (non-hydrogen) atoms. The summed E-state index contributed by atoms with van der Waals surface area (Å²) in [5.41, 5.74) is 4.11. The molecule has 2 aromatic carbocycles. The quantitative estimate of drug-likeness (QED) is 0.419. The summed E-state index contributed by atoms with van der Waals surface area (Å²) < 4.78 is 6.25. The van der Waals surface area contributed by atoms with Crippen LogP contribution >= 0.6 is 15.9 Å². The first-order valence-electron chi connectivity index (χ1n) is 10.6. The number of carbonyl (C=O) groups excluding carboxylic acids is 2. The number of fused-ring (bicyclic) bond motifs is 3.